The Bertz CT molecular complexity index is 1630. The molecule has 0 saturated carbocycles. The number of nitrogen functional groups attached to an aromatic ring is 2. The van der Waals surface area contributed by atoms with Gasteiger partial charge in [-0.1, -0.05) is 17.0 Å². The number of ether oxygens (including phenoxy) is 3. The molecule has 4 aromatic heterocycles. The van der Waals surface area contributed by atoms with Crippen LogP contribution >= 0.6 is 34.1 Å². The molecule has 0 bridgehead atoms. The van der Waals surface area contributed by atoms with E-state index >= 15 is 0 Å². The fourth-order valence-corrected chi connectivity index (χ4v) is 6.83. The number of aliphatic hydroxyl groups excluding tert-OH is 2. The molecule has 2 saturated heterocycles. The van der Waals surface area contributed by atoms with Gasteiger partial charge in [0.05, 0.1) is 31.2 Å². The quantitative estimate of drug-likeness (QED) is 0.0499. The van der Waals surface area contributed by atoms with Crippen LogP contribution in [0.5, 0.6) is 0 Å². The molecule has 0 radical (unpaired) electrons. The highest BCUT2D eigenvalue weighted by atomic mass is 32.2. The summed E-state index contributed by atoms with van der Waals surface area (Å²) in [6.07, 6.45) is 0.398. The highest BCUT2D eigenvalue weighted by Gasteiger charge is 2.48. The van der Waals surface area contributed by atoms with Gasteiger partial charge in [0.15, 0.2) is 22.6 Å². The summed E-state index contributed by atoms with van der Waals surface area (Å²) >= 11 is 4.91. The number of anilines is 2. The molecule has 226 valence electrons. The second-order valence-electron chi connectivity index (χ2n) is 9.45. The molecule has 2 aliphatic heterocycles. The second kappa shape index (κ2) is 12.1. The third kappa shape index (κ3) is 5.41. The van der Waals surface area contributed by atoms with Crippen molar-refractivity contribution in [2.45, 2.75) is 48.1 Å². The molecule has 0 aromatic carbocycles. The Hall–Kier alpha value is -2.72. The predicted octanol–water partition coefficient (Wildman–Crippen LogP) is -1.46. The lowest BCUT2D eigenvalue weighted by molar-refractivity contribution is -0.282. The van der Waals surface area contributed by atoms with Gasteiger partial charge in [0, 0.05) is 15.4 Å². The zero-order valence-electron chi connectivity index (χ0n) is 21.4. The van der Waals surface area contributed by atoms with E-state index in [1.807, 2.05) is 0 Å². The van der Waals surface area contributed by atoms with Gasteiger partial charge in [-0.15, -0.1) is 5.10 Å². The van der Waals surface area contributed by atoms with Crippen LogP contribution in [0.4, 0.5) is 11.8 Å². The number of hydrogen-bond donors (Lipinski definition) is 6. The summed E-state index contributed by atoms with van der Waals surface area (Å²) in [6, 6.07) is 0. The molecule has 9 atom stereocenters. The number of fused-ring (bicyclic) bond motifs is 2. The molecule has 0 aliphatic carbocycles. The van der Waals surface area contributed by atoms with E-state index < -0.39 is 41.2 Å². The SMILES string of the molecule is Nc1nc2c(nnn2[C@@H]2SC(OC(O)OC[C@H]3C[C@H](c4cnc5c(N)ncnn45)O[C@@H]3COP)[C@@H](O)[C@H]2OS)c(=O)[nH]1. The van der Waals surface area contributed by atoms with E-state index in [2.05, 4.69) is 57.7 Å². The molecule has 4 aromatic rings. The maximum absolute atomic E-state index is 12.2. The summed E-state index contributed by atoms with van der Waals surface area (Å²) in [6.45, 7) is -1.44. The average Bonchev–Trinajstić information content (AvgIpc) is 3.73. The van der Waals surface area contributed by atoms with Gasteiger partial charge in [0.1, 0.15) is 35.4 Å². The lowest BCUT2D eigenvalue weighted by Gasteiger charge is -2.23. The lowest BCUT2D eigenvalue weighted by Crippen LogP contribution is -2.36. The smallest absolute Gasteiger partial charge is 0.282 e. The van der Waals surface area contributed by atoms with Crippen molar-refractivity contribution in [3.63, 3.8) is 0 Å². The largest absolute Gasteiger partial charge is 0.387 e. The number of thioether (sulfide) groups is 1. The summed E-state index contributed by atoms with van der Waals surface area (Å²) in [7, 11) is 2.18. The van der Waals surface area contributed by atoms with Crippen molar-refractivity contribution in [1.82, 2.24) is 44.5 Å². The monoisotopic (exact) mass is 643 g/mol. The number of nitrogens with one attached hydrogen (secondary N) is 1. The van der Waals surface area contributed by atoms with Crippen LogP contribution < -0.4 is 17.0 Å². The van der Waals surface area contributed by atoms with Crippen LogP contribution in [0.1, 0.15) is 23.6 Å². The van der Waals surface area contributed by atoms with Gasteiger partial charge in [-0.05, 0) is 19.3 Å². The van der Waals surface area contributed by atoms with Gasteiger partial charge in [-0.3, -0.25) is 9.78 Å². The van der Waals surface area contributed by atoms with E-state index in [1.165, 1.54) is 11.0 Å². The van der Waals surface area contributed by atoms with Crippen molar-refractivity contribution in [3.8, 4) is 0 Å². The molecule has 0 amide bonds. The van der Waals surface area contributed by atoms with Gasteiger partial charge < -0.3 is 44.6 Å². The molecule has 3 unspecified atom stereocenters. The Morgan fingerprint density at radius 3 is 2.93 bits per heavy atom. The van der Waals surface area contributed by atoms with Crippen molar-refractivity contribution >= 4 is 62.7 Å². The number of rotatable bonds is 10. The number of aliphatic hydroxyl groups is 2. The van der Waals surface area contributed by atoms with E-state index in [0.29, 0.717) is 17.8 Å². The maximum atomic E-state index is 12.2. The van der Waals surface area contributed by atoms with Crippen LogP contribution in [0.15, 0.2) is 17.3 Å². The zero-order chi connectivity index (χ0) is 29.5. The van der Waals surface area contributed by atoms with E-state index in [0.717, 1.165) is 11.8 Å². The molecule has 19 nitrogen and oxygen atoms in total. The molecule has 2 aliphatic rings. The van der Waals surface area contributed by atoms with Crippen LogP contribution in [0.2, 0.25) is 0 Å². The summed E-state index contributed by atoms with van der Waals surface area (Å²) < 4.78 is 30.7. The molecule has 7 N–H and O–H groups in total. The number of H-pyrrole nitrogens is 1. The van der Waals surface area contributed by atoms with Crippen LogP contribution in [0.3, 0.4) is 0 Å². The molecule has 6 rings (SSSR count). The normalized spacial score (nSPS) is 28.7. The summed E-state index contributed by atoms with van der Waals surface area (Å²) in [5, 5.41) is 32.7. The number of aromatic nitrogens is 9. The minimum atomic E-state index is -1.72. The maximum Gasteiger partial charge on any atom is 0.282 e. The van der Waals surface area contributed by atoms with Gasteiger partial charge >= 0.3 is 0 Å². The molecule has 0 spiro atoms. The number of thiol groups is 1. The first kappa shape index (κ1) is 29.4. The van der Waals surface area contributed by atoms with Crippen LogP contribution in [0.25, 0.3) is 16.8 Å². The van der Waals surface area contributed by atoms with Crippen LogP contribution in [-0.2, 0) is 22.9 Å². The Morgan fingerprint density at radius 2 is 2.14 bits per heavy atom. The van der Waals surface area contributed by atoms with Crippen molar-refractivity contribution in [1.29, 1.82) is 0 Å². The number of imidazole rings is 1. The van der Waals surface area contributed by atoms with Crippen molar-refractivity contribution in [2.75, 3.05) is 24.7 Å². The molecule has 22 heteroatoms. The summed E-state index contributed by atoms with van der Waals surface area (Å²) in [5.41, 5.74) is 11.1. The first-order valence-corrected chi connectivity index (χ1v) is 14.2. The van der Waals surface area contributed by atoms with Crippen molar-refractivity contribution in [2.24, 2.45) is 5.92 Å². The zero-order valence-corrected chi connectivity index (χ0v) is 24.3. The highest BCUT2D eigenvalue weighted by Crippen LogP contribution is 2.45. The Balaban J connectivity index is 1.11. The molecular formula is C20H26N11O8PS2. The minimum Gasteiger partial charge on any atom is -0.387 e. The molecular weight excluding hydrogens is 617 g/mol. The summed E-state index contributed by atoms with van der Waals surface area (Å²) in [5.74, 6) is -0.107. The fraction of sp³-hybridized carbons (Fsp3) is 0.550. The summed E-state index contributed by atoms with van der Waals surface area (Å²) in [4.78, 5) is 26.8. The van der Waals surface area contributed by atoms with Gasteiger partial charge in [0.25, 0.3) is 12.0 Å². The minimum absolute atomic E-state index is 0.0350. The Kier molecular flexibility index (Phi) is 8.46. The van der Waals surface area contributed by atoms with Crippen molar-refractivity contribution in [3.05, 3.63) is 28.6 Å². The number of aromatic amines is 1. The van der Waals surface area contributed by atoms with Gasteiger partial charge in [0.2, 0.25) is 5.95 Å². The molecule has 6 heterocycles. The highest BCUT2D eigenvalue weighted by molar-refractivity contribution is 8.00. The standard InChI is InChI=1S/C20H26N11O8PS2/c21-13-15-23-2-7(30(15)25-5-24-13)8-1-6(9(37-8)4-36-40)3-35-20(34)38-18-11(32)12(39-41)17(42-18)31-14-10(28-29-31)16(33)27-19(22)26-14/h2,5-6,8-9,11-12,17-18,20,32,34,41H,1,3-4,40H2,(H2,21,24,25)(H3,22,26,27,33)/t6-,8-,9-,11+,12-,17-,18?,20?/m1/s1. The first-order valence-electron chi connectivity index (χ1n) is 12.4. The van der Waals surface area contributed by atoms with E-state index in [1.54, 1.807) is 10.7 Å². The Labute approximate surface area is 247 Å². The lowest BCUT2D eigenvalue weighted by atomic mass is 10.00. The van der Waals surface area contributed by atoms with E-state index in [4.69, 9.17) is 34.4 Å². The van der Waals surface area contributed by atoms with E-state index in [-0.39, 0.29) is 48.2 Å². The third-order valence-electron chi connectivity index (χ3n) is 6.92. The van der Waals surface area contributed by atoms with Crippen LogP contribution in [-0.4, -0.2) is 98.2 Å². The van der Waals surface area contributed by atoms with Crippen LogP contribution in [0, 0.1) is 5.92 Å². The number of nitrogens with two attached hydrogens (primary N) is 2. The van der Waals surface area contributed by atoms with Gasteiger partial charge in [-0.25, -0.2) is 19.2 Å². The average molecular weight is 644 g/mol. The fourth-order valence-electron chi connectivity index (χ4n) is 4.94. The van der Waals surface area contributed by atoms with Gasteiger partial charge in [-0.2, -0.15) is 10.1 Å². The topological polar surface area (TPSA) is 258 Å². The third-order valence-corrected chi connectivity index (χ3v) is 8.76. The number of nitrogens with zero attached hydrogens (tertiary/aromatic N) is 8. The first-order chi connectivity index (χ1) is 20.3. The Morgan fingerprint density at radius 1 is 1.31 bits per heavy atom. The molecule has 42 heavy (non-hydrogen) atoms. The van der Waals surface area contributed by atoms with Crippen molar-refractivity contribution < 1.29 is 33.1 Å². The number of hydrogen-bond acceptors (Lipinski definition) is 18. The predicted molar refractivity (Wildman–Crippen MR) is 150 cm³/mol. The second-order valence-corrected chi connectivity index (χ2v) is 11.2. The molecule has 2 fully saturated rings. The van der Waals surface area contributed by atoms with E-state index in [9.17, 15) is 15.0 Å².